The summed E-state index contributed by atoms with van der Waals surface area (Å²) in [7, 11) is 0. The largest absolute Gasteiger partial charge is 0.381 e. The Balaban J connectivity index is 2.03. The van der Waals surface area contributed by atoms with Gasteiger partial charge in [-0.25, -0.2) is 0 Å². The number of rotatable bonds is 5. The Bertz CT molecular complexity index is 601. The maximum atomic E-state index is 11.7. The predicted molar refractivity (Wildman–Crippen MR) is 81.0 cm³/mol. The first kappa shape index (κ1) is 14.3. The molecule has 0 aliphatic rings. The number of nitrogens with one attached hydrogen (secondary N) is 2. The summed E-state index contributed by atoms with van der Waals surface area (Å²) in [5, 5.41) is 6.68. The van der Waals surface area contributed by atoms with Crippen LogP contribution >= 0.6 is 11.6 Å². The van der Waals surface area contributed by atoms with Crippen LogP contribution in [0.4, 0.5) is 5.69 Å². The highest BCUT2D eigenvalue weighted by atomic mass is 35.5. The SMILES string of the molecule is CCNC(=O)c1cc(NCc2cccc(Cl)c2)ccn1. The summed E-state index contributed by atoms with van der Waals surface area (Å²) >= 11 is 5.94. The summed E-state index contributed by atoms with van der Waals surface area (Å²) in [6.07, 6.45) is 1.62. The normalized spacial score (nSPS) is 10.1. The van der Waals surface area contributed by atoms with Crippen LogP contribution in [0, 0.1) is 0 Å². The minimum Gasteiger partial charge on any atom is -0.381 e. The molecule has 0 radical (unpaired) electrons. The van der Waals surface area contributed by atoms with Crippen LogP contribution in [0.3, 0.4) is 0 Å². The highest BCUT2D eigenvalue weighted by Crippen LogP contribution is 2.13. The fraction of sp³-hybridized carbons (Fsp3) is 0.200. The second-order valence-electron chi connectivity index (χ2n) is 4.27. The number of aromatic nitrogens is 1. The van der Waals surface area contributed by atoms with Gasteiger partial charge < -0.3 is 10.6 Å². The molecule has 0 saturated heterocycles. The van der Waals surface area contributed by atoms with Crippen molar-refractivity contribution in [2.45, 2.75) is 13.5 Å². The third-order valence-electron chi connectivity index (χ3n) is 2.72. The van der Waals surface area contributed by atoms with E-state index in [1.165, 1.54) is 0 Å². The number of carbonyl (C=O) groups is 1. The Hall–Kier alpha value is -2.07. The number of amides is 1. The zero-order valence-corrected chi connectivity index (χ0v) is 11.9. The molecule has 2 N–H and O–H groups in total. The van der Waals surface area contributed by atoms with Crippen molar-refractivity contribution in [1.82, 2.24) is 10.3 Å². The molecule has 0 saturated carbocycles. The minimum atomic E-state index is -0.168. The Kier molecular flexibility index (Phi) is 4.96. The van der Waals surface area contributed by atoms with E-state index in [9.17, 15) is 4.79 Å². The molecule has 0 aliphatic carbocycles. The van der Waals surface area contributed by atoms with Crippen LogP contribution in [-0.2, 0) is 6.54 Å². The summed E-state index contributed by atoms with van der Waals surface area (Å²) in [6, 6.07) is 11.2. The Morgan fingerprint density at radius 1 is 1.30 bits per heavy atom. The summed E-state index contributed by atoms with van der Waals surface area (Å²) in [5.74, 6) is -0.168. The maximum Gasteiger partial charge on any atom is 0.269 e. The van der Waals surface area contributed by atoms with Crippen LogP contribution in [0.2, 0.25) is 5.02 Å². The zero-order valence-electron chi connectivity index (χ0n) is 11.2. The maximum absolute atomic E-state index is 11.7. The summed E-state index contributed by atoms with van der Waals surface area (Å²) in [6.45, 7) is 3.10. The lowest BCUT2D eigenvalue weighted by molar-refractivity contribution is 0.0951. The first-order valence-electron chi connectivity index (χ1n) is 6.41. The van der Waals surface area contributed by atoms with Crippen molar-refractivity contribution in [2.24, 2.45) is 0 Å². The van der Waals surface area contributed by atoms with Gasteiger partial charge in [-0.05, 0) is 36.8 Å². The van der Waals surface area contributed by atoms with Gasteiger partial charge in [0, 0.05) is 30.0 Å². The van der Waals surface area contributed by atoms with Crippen LogP contribution in [0.25, 0.3) is 0 Å². The second kappa shape index (κ2) is 6.91. The van der Waals surface area contributed by atoms with Gasteiger partial charge in [0.15, 0.2) is 0 Å². The van der Waals surface area contributed by atoms with Crippen molar-refractivity contribution in [3.63, 3.8) is 0 Å². The summed E-state index contributed by atoms with van der Waals surface area (Å²) in [4.78, 5) is 15.8. The van der Waals surface area contributed by atoms with Gasteiger partial charge in [-0.1, -0.05) is 23.7 Å². The molecule has 1 aromatic carbocycles. The highest BCUT2D eigenvalue weighted by Gasteiger charge is 2.06. The number of carbonyl (C=O) groups excluding carboxylic acids is 1. The van der Waals surface area contributed by atoms with Gasteiger partial charge in [0.2, 0.25) is 0 Å². The Morgan fingerprint density at radius 3 is 2.90 bits per heavy atom. The van der Waals surface area contributed by atoms with Crippen molar-refractivity contribution >= 4 is 23.2 Å². The van der Waals surface area contributed by atoms with Gasteiger partial charge in [-0.15, -0.1) is 0 Å². The number of benzene rings is 1. The first-order chi connectivity index (χ1) is 9.69. The van der Waals surface area contributed by atoms with Crippen molar-refractivity contribution in [3.05, 3.63) is 58.9 Å². The average molecular weight is 290 g/mol. The van der Waals surface area contributed by atoms with Crippen molar-refractivity contribution < 1.29 is 4.79 Å². The van der Waals surface area contributed by atoms with Crippen LogP contribution in [-0.4, -0.2) is 17.4 Å². The van der Waals surface area contributed by atoms with E-state index in [0.717, 1.165) is 11.3 Å². The lowest BCUT2D eigenvalue weighted by Crippen LogP contribution is -2.23. The number of nitrogens with zero attached hydrogens (tertiary/aromatic N) is 1. The molecule has 2 rings (SSSR count). The highest BCUT2D eigenvalue weighted by molar-refractivity contribution is 6.30. The molecule has 0 spiro atoms. The summed E-state index contributed by atoms with van der Waals surface area (Å²) in [5.41, 5.74) is 2.33. The fourth-order valence-electron chi connectivity index (χ4n) is 1.77. The molecule has 4 nitrogen and oxygen atoms in total. The molecule has 104 valence electrons. The fourth-order valence-corrected chi connectivity index (χ4v) is 1.98. The first-order valence-corrected chi connectivity index (χ1v) is 6.79. The molecule has 1 heterocycles. The van der Waals surface area contributed by atoms with Crippen molar-refractivity contribution in [1.29, 1.82) is 0 Å². The van der Waals surface area contributed by atoms with E-state index in [1.54, 1.807) is 12.3 Å². The van der Waals surface area contributed by atoms with Gasteiger partial charge in [-0.2, -0.15) is 0 Å². The number of hydrogen-bond donors (Lipinski definition) is 2. The minimum absolute atomic E-state index is 0.168. The topological polar surface area (TPSA) is 54.0 Å². The Labute approximate surface area is 123 Å². The molecule has 20 heavy (non-hydrogen) atoms. The number of halogens is 1. The molecule has 5 heteroatoms. The third kappa shape index (κ3) is 3.96. The van der Waals surface area contributed by atoms with E-state index >= 15 is 0 Å². The van der Waals surface area contributed by atoms with Crippen LogP contribution < -0.4 is 10.6 Å². The molecule has 1 amide bonds. The monoisotopic (exact) mass is 289 g/mol. The molecule has 1 aromatic heterocycles. The molecular weight excluding hydrogens is 274 g/mol. The molecule has 0 unspecified atom stereocenters. The summed E-state index contributed by atoms with van der Waals surface area (Å²) < 4.78 is 0. The van der Waals surface area contributed by atoms with E-state index in [-0.39, 0.29) is 5.91 Å². The van der Waals surface area contributed by atoms with Crippen LogP contribution in [0.5, 0.6) is 0 Å². The molecule has 2 aromatic rings. The van der Waals surface area contributed by atoms with Crippen LogP contribution in [0.15, 0.2) is 42.6 Å². The lowest BCUT2D eigenvalue weighted by Gasteiger charge is -2.08. The standard InChI is InChI=1S/C15H16ClN3O/c1-2-17-15(20)14-9-13(6-7-18-14)19-10-11-4-3-5-12(16)8-11/h3-9H,2,10H2,1H3,(H,17,20)(H,18,19). The van der Waals surface area contributed by atoms with Gasteiger partial charge in [0.1, 0.15) is 5.69 Å². The van der Waals surface area contributed by atoms with Crippen LogP contribution in [0.1, 0.15) is 23.0 Å². The molecule has 0 atom stereocenters. The zero-order chi connectivity index (χ0) is 14.4. The Morgan fingerprint density at radius 2 is 2.15 bits per heavy atom. The van der Waals surface area contributed by atoms with Gasteiger partial charge >= 0.3 is 0 Å². The number of hydrogen-bond acceptors (Lipinski definition) is 3. The quantitative estimate of drug-likeness (QED) is 0.889. The smallest absolute Gasteiger partial charge is 0.269 e. The molecule has 0 fully saturated rings. The lowest BCUT2D eigenvalue weighted by atomic mass is 10.2. The molecule has 0 aliphatic heterocycles. The van der Waals surface area contributed by atoms with Crippen molar-refractivity contribution in [3.8, 4) is 0 Å². The van der Waals surface area contributed by atoms with E-state index in [4.69, 9.17) is 11.6 Å². The average Bonchev–Trinajstić information content (AvgIpc) is 2.46. The van der Waals surface area contributed by atoms with Crippen molar-refractivity contribution in [2.75, 3.05) is 11.9 Å². The number of pyridine rings is 1. The van der Waals surface area contributed by atoms with E-state index < -0.39 is 0 Å². The van der Waals surface area contributed by atoms with Gasteiger partial charge in [0.25, 0.3) is 5.91 Å². The van der Waals surface area contributed by atoms with E-state index in [2.05, 4.69) is 15.6 Å². The predicted octanol–water partition coefficient (Wildman–Crippen LogP) is 3.10. The second-order valence-corrected chi connectivity index (χ2v) is 4.71. The van der Waals surface area contributed by atoms with E-state index in [0.29, 0.717) is 23.8 Å². The van der Waals surface area contributed by atoms with E-state index in [1.807, 2.05) is 37.3 Å². The number of anilines is 1. The van der Waals surface area contributed by atoms with Gasteiger partial charge in [0.05, 0.1) is 0 Å². The molecule has 0 bridgehead atoms. The molecular formula is C15H16ClN3O. The third-order valence-corrected chi connectivity index (χ3v) is 2.95. The van der Waals surface area contributed by atoms with Gasteiger partial charge in [-0.3, -0.25) is 9.78 Å².